The second-order valence-corrected chi connectivity index (χ2v) is 4.89. The Kier molecular flexibility index (Phi) is 2.48. The van der Waals surface area contributed by atoms with Crippen molar-refractivity contribution in [1.82, 2.24) is 9.55 Å². The lowest BCUT2D eigenvalue weighted by atomic mass is 10.2. The van der Waals surface area contributed by atoms with Crippen LogP contribution >= 0.6 is 0 Å². The summed E-state index contributed by atoms with van der Waals surface area (Å²) in [5.74, 6) is 0.825. The average Bonchev–Trinajstić information content (AvgIpc) is 2.90. The molecule has 0 saturated heterocycles. The van der Waals surface area contributed by atoms with E-state index in [1.54, 1.807) is 12.3 Å². The van der Waals surface area contributed by atoms with Gasteiger partial charge in [-0.3, -0.25) is 4.57 Å². The first-order chi connectivity index (χ1) is 10.4. The van der Waals surface area contributed by atoms with Crippen molar-refractivity contribution in [1.29, 1.82) is 5.26 Å². The van der Waals surface area contributed by atoms with E-state index in [0.29, 0.717) is 5.56 Å². The molecule has 98 valence electrons. The summed E-state index contributed by atoms with van der Waals surface area (Å²) in [5, 5.41) is 11.3. The van der Waals surface area contributed by atoms with Gasteiger partial charge in [-0.1, -0.05) is 36.4 Å². The van der Waals surface area contributed by atoms with Crippen molar-refractivity contribution in [2.45, 2.75) is 0 Å². The maximum atomic E-state index is 8.91. The molecular weight excluding hydrogens is 258 g/mol. The monoisotopic (exact) mass is 269 g/mol. The molecule has 2 aromatic carbocycles. The van der Waals surface area contributed by atoms with Crippen molar-refractivity contribution in [2.24, 2.45) is 0 Å². The molecule has 0 aliphatic rings. The molecule has 0 spiro atoms. The fourth-order valence-electron chi connectivity index (χ4n) is 2.75. The maximum Gasteiger partial charge on any atom is 0.137 e. The van der Waals surface area contributed by atoms with Gasteiger partial charge in [0.25, 0.3) is 0 Å². The van der Waals surface area contributed by atoms with Crippen LogP contribution in [0.2, 0.25) is 0 Å². The zero-order valence-corrected chi connectivity index (χ0v) is 11.2. The summed E-state index contributed by atoms with van der Waals surface area (Å²) in [4.78, 5) is 4.43. The number of nitrogens with zero attached hydrogens (tertiary/aromatic N) is 3. The number of para-hydroxylation sites is 2. The summed E-state index contributed by atoms with van der Waals surface area (Å²) in [5.41, 5.74) is 2.81. The van der Waals surface area contributed by atoms with E-state index in [1.165, 1.54) is 10.8 Å². The average molecular weight is 269 g/mol. The number of fused-ring (bicyclic) bond motifs is 3. The fraction of sp³-hybridized carbons (Fsp3) is 0. The van der Waals surface area contributed by atoms with Crippen LogP contribution in [0.3, 0.4) is 0 Å². The molecular formula is C18H11N3. The van der Waals surface area contributed by atoms with Crippen molar-refractivity contribution in [3.05, 3.63) is 72.4 Å². The molecule has 0 atom stereocenters. The van der Waals surface area contributed by atoms with Gasteiger partial charge in [0.05, 0.1) is 16.6 Å². The number of aromatic nitrogens is 2. The second kappa shape index (κ2) is 4.46. The minimum Gasteiger partial charge on any atom is -0.294 e. The summed E-state index contributed by atoms with van der Waals surface area (Å²) in [6, 6.07) is 22.4. The fourth-order valence-corrected chi connectivity index (χ4v) is 2.75. The van der Waals surface area contributed by atoms with Crippen LogP contribution in [0.1, 0.15) is 5.56 Å². The highest BCUT2D eigenvalue weighted by molar-refractivity contribution is 6.09. The first kappa shape index (κ1) is 11.7. The minimum atomic E-state index is 0.569. The lowest BCUT2D eigenvalue weighted by molar-refractivity contribution is 1.08. The maximum absolute atomic E-state index is 8.91. The third-order valence-corrected chi connectivity index (χ3v) is 3.69. The van der Waals surface area contributed by atoms with Crippen molar-refractivity contribution in [2.75, 3.05) is 0 Å². The summed E-state index contributed by atoms with van der Waals surface area (Å²) in [6.45, 7) is 0. The van der Waals surface area contributed by atoms with Gasteiger partial charge in [-0.05, 0) is 24.3 Å². The van der Waals surface area contributed by atoms with Crippen LogP contribution in [0.5, 0.6) is 0 Å². The zero-order chi connectivity index (χ0) is 14.2. The Morgan fingerprint density at radius 2 is 1.43 bits per heavy atom. The smallest absolute Gasteiger partial charge is 0.137 e. The molecule has 4 aromatic rings. The van der Waals surface area contributed by atoms with Gasteiger partial charge in [0.15, 0.2) is 0 Å². The number of nitriles is 1. The van der Waals surface area contributed by atoms with Gasteiger partial charge in [-0.25, -0.2) is 4.98 Å². The van der Waals surface area contributed by atoms with E-state index in [2.05, 4.69) is 39.9 Å². The Bertz CT molecular complexity index is 935. The van der Waals surface area contributed by atoms with Gasteiger partial charge in [0.2, 0.25) is 0 Å². The molecule has 4 rings (SSSR count). The lowest BCUT2D eigenvalue weighted by Crippen LogP contribution is -1.96. The van der Waals surface area contributed by atoms with E-state index < -0.39 is 0 Å². The number of hydrogen-bond donors (Lipinski definition) is 0. The topological polar surface area (TPSA) is 41.6 Å². The van der Waals surface area contributed by atoms with E-state index in [9.17, 15) is 0 Å². The summed E-state index contributed by atoms with van der Waals surface area (Å²) in [6.07, 6.45) is 1.61. The van der Waals surface area contributed by atoms with E-state index in [1.807, 2.05) is 30.3 Å². The first-order valence-corrected chi connectivity index (χ1v) is 6.73. The third kappa shape index (κ3) is 1.70. The lowest BCUT2D eigenvalue weighted by Gasteiger charge is -2.06. The zero-order valence-electron chi connectivity index (χ0n) is 11.2. The Balaban J connectivity index is 2.12. The van der Waals surface area contributed by atoms with E-state index in [0.717, 1.165) is 16.9 Å². The summed E-state index contributed by atoms with van der Waals surface area (Å²) >= 11 is 0. The highest BCUT2D eigenvalue weighted by Gasteiger charge is 2.11. The Morgan fingerprint density at radius 3 is 1.95 bits per heavy atom. The first-order valence-electron chi connectivity index (χ1n) is 6.73. The van der Waals surface area contributed by atoms with Gasteiger partial charge < -0.3 is 0 Å². The van der Waals surface area contributed by atoms with Crippen molar-refractivity contribution in [3.8, 4) is 11.9 Å². The van der Waals surface area contributed by atoms with Gasteiger partial charge in [-0.2, -0.15) is 5.26 Å². The van der Waals surface area contributed by atoms with Crippen molar-refractivity contribution < 1.29 is 0 Å². The molecule has 2 heterocycles. The molecule has 0 unspecified atom stereocenters. The van der Waals surface area contributed by atoms with Crippen LogP contribution < -0.4 is 0 Å². The van der Waals surface area contributed by atoms with Crippen molar-refractivity contribution in [3.63, 3.8) is 0 Å². The van der Waals surface area contributed by atoms with Crippen LogP contribution in [0.15, 0.2) is 66.9 Å². The predicted molar refractivity (Wildman–Crippen MR) is 83.3 cm³/mol. The van der Waals surface area contributed by atoms with Gasteiger partial charge in [0, 0.05) is 17.0 Å². The second-order valence-electron chi connectivity index (χ2n) is 4.89. The van der Waals surface area contributed by atoms with Crippen LogP contribution in [0.25, 0.3) is 27.6 Å². The molecule has 0 radical (unpaired) electrons. The SMILES string of the molecule is N#Cc1ccc(-n2c3ccccc3c3ccccc32)nc1. The number of benzene rings is 2. The number of pyridine rings is 1. The number of hydrogen-bond acceptors (Lipinski definition) is 2. The van der Waals surface area contributed by atoms with Gasteiger partial charge in [0.1, 0.15) is 11.9 Å². The molecule has 0 saturated carbocycles. The van der Waals surface area contributed by atoms with Crippen LogP contribution in [0.4, 0.5) is 0 Å². The molecule has 0 amide bonds. The molecule has 0 bridgehead atoms. The summed E-state index contributed by atoms with van der Waals surface area (Å²) < 4.78 is 2.13. The van der Waals surface area contributed by atoms with Crippen LogP contribution in [-0.2, 0) is 0 Å². The van der Waals surface area contributed by atoms with E-state index >= 15 is 0 Å². The van der Waals surface area contributed by atoms with Gasteiger partial charge >= 0.3 is 0 Å². The Hall–Kier alpha value is -3.12. The quantitative estimate of drug-likeness (QED) is 0.523. The van der Waals surface area contributed by atoms with Gasteiger partial charge in [-0.15, -0.1) is 0 Å². The molecule has 0 fully saturated rings. The molecule has 0 aliphatic carbocycles. The largest absolute Gasteiger partial charge is 0.294 e. The van der Waals surface area contributed by atoms with Crippen LogP contribution in [0, 0.1) is 11.3 Å². The molecule has 3 heteroatoms. The molecule has 0 N–H and O–H groups in total. The third-order valence-electron chi connectivity index (χ3n) is 3.69. The molecule has 0 aliphatic heterocycles. The minimum absolute atomic E-state index is 0.569. The Labute approximate surface area is 121 Å². The van der Waals surface area contributed by atoms with E-state index in [-0.39, 0.29) is 0 Å². The van der Waals surface area contributed by atoms with Crippen molar-refractivity contribution >= 4 is 21.8 Å². The van der Waals surface area contributed by atoms with Crippen LogP contribution in [-0.4, -0.2) is 9.55 Å². The molecule has 3 nitrogen and oxygen atoms in total. The molecule has 21 heavy (non-hydrogen) atoms. The number of rotatable bonds is 1. The highest BCUT2D eigenvalue weighted by atomic mass is 15.1. The standard InChI is InChI=1S/C18H11N3/c19-11-13-9-10-18(20-12-13)21-16-7-3-1-5-14(16)15-6-2-4-8-17(15)21/h1-10,12H. The highest BCUT2D eigenvalue weighted by Crippen LogP contribution is 2.30. The predicted octanol–water partition coefficient (Wildman–Crippen LogP) is 4.05. The Morgan fingerprint density at radius 1 is 0.810 bits per heavy atom. The van der Waals surface area contributed by atoms with E-state index in [4.69, 9.17) is 5.26 Å². The molecule has 2 aromatic heterocycles. The summed E-state index contributed by atoms with van der Waals surface area (Å²) in [7, 11) is 0. The normalized spacial score (nSPS) is 10.8.